The fourth-order valence-electron chi connectivity index (χ4n) is 4.19. The number of benzene rings is 1. The van der Waals surface area contributed by atoms with Gasteiger partial charge in [-0.1, -0.05) is 18.2 Å². The fraction of sp³-hybridized carbons (Fsp3) is 0.409. The minimum Gasteiger partial charge on any atom is -0.363 e. The predicted molar refractivity (Wildman–Crippen MR) is 124 cm³/mol. The Morgan fingerprint density at radius 2 is 1.97 bits per heavy atom. The second-order valence-corrected chi connectivity index (χ2v) is 10.2. The zero-order valence-electron chi connectivity index (χ0n) is 18.7. The van der Waals surface area contributed by atoms with Gasteiger partial charge in [0.25, 0.3) is 6.43 Å². The van der Waals surface area contributed by atoms with Crippen LogP contribution in [0.1, 0.15) is 49.2 Å². The number of nitrogens with zero attached hydrogens (tertiary/aromatic N) is 4. The molecule has 2 atom stereocenters. The van der Waals surface area contributed by atoms with Crippen molar-refractivity contribution in [3.63, 3.8) is 0 Å². The van der Waals surface area contributed by atoms with Crippen LogP contribution in [0.5, 0.6) is 0 Å². The summed E-state index contributed by atoms with van der Waals surface area (Å²) in [6.45, 7) is 4.18. The SMILES string of the molecule is Cc1nc(NC(C)c2cccc(C(F)F)c2F)c2cc(N3CCCC(S(N)(=O)=O)C3)ncc2n1. The number of halogens is 3. The number of hydrogen-bond donors (Lipinski definition) is 2. The van der Waals surface area contributed by atoms with Crippen molar-refractivity contribution in [2.24, 2.45) is 5.14 Å². The Morgan fingerprint density at radius 1 is 1.24 bits per heavy atom. The van der Waals surface area contributed by atoms with Gasteiger partial charge in [-0.15, -0.1) is 0 Å². The molecule has 3 aromatic rings. The van der Waals surface area contributed by atoms with E-state index in [1.807, 2.05) is 4.90 Å². The number of fused-ring (bicyclic) bond motifs is 1. The Balaban J connectivity index is 1.69. The van der Waals surface area contributed by atoms with Crippen LogP contribution < -0.4 is 15.4 Å². The number of pyridine rings is 1. The summed E-state index contributed by atoms with van der Waals surface area (Å²) in [5.74, 6) is 0.415. The number of nitrogens with one attached hydrogen (secondary N) is 1. The molecule has 34 heavy (non-hydrogen) atoms. The van der Waals surface area contributed by atoms with Crippen molar-refractivity contribution in [2.45, 2.75) is 44.4 Å². The molecular weight excluding hydrogens is 469 g/mol. The zero-order chi connectivity index (χ0) is 24.6. The van der Waals surface area contributed by atoms with Crippen LogP contribution in [0.3, 0.4) is 0 Å². The number of nitrogens with two attached hydrogens (primary N) is 1. The summed E-state index contributed by atoms with van der Waals surface area (Å²) >= 11 is 0. The first-order chi connectivity index (χ1) is 16.0. The first kappa shape index (κ1) is 24.1. The molecule has 2 unspecified atom stereocenters. The highest BCUT2D eigenvalue weighted by molar-refractivity contribution is 7.89. The van der Waals surface area contributed by atoms with E-state index < -0.39 is 39.1 Å². The standard InChI is InChI=1S/C22H25F3N6O2S/c1-12(15-6-3-7-16(20(15)23)21(24)25)28-22-17-9-19(27-10-18(17)29-13(2)30-22)31-8-4-5-14(11-31)34(26,32)33/h3,6-7,9-10,12,14,21H,4-5,8,11H2,1-2H3,(H2,26,32,33)(H,28,29,30). The topological polar surface area (TPSA) is 114 Å². The van der Waals surface area contributed by atoms with Crippen molar-refractivity contribution >= 4 is 32.6 Å². The number of rotatable bonds is 6. The van der Waals surface area contributed by atoms with Crippen LogP contribution in [0.4, 0.5) is 24.8 Å². The van der Waals surface area contributed by atoms with Crippen LogP contribution in [0.15, 0.2) is 30.5 Å². The quantitative estimate of drug-likeness (QED) is 0.535. The number of aryl methyl sites for hydroxylation is 1. The lowest BCUT2D eigenvalue weighted by molar-refractivity contribution is 0.146. The molecule has 12 heteroatoms. The molecule has 8 nitrogen and oxygen atoms in total. The maximum Gasteiger partial charge on any atom is 0.266 e. The molecule has 1 aliphatic heterocycles. The third-order valence-electron chi connectivity index (χ3n) is 5.96. The molecule has 3 N–H and O–H groups in total. The highest BCUT2D eigenvalue weighted by Gasteiger charge is 2.29. The van der Waals surface area contributed by atoms with Crippen molar-refractivity contribution in [3.05, 3.63) is 53.2 Å². The maximum atomic E-state index is 14.7. The molecule has 2 aromatic heterocycles. The smallest absolute Gasteiger partial charge is 0.266 e. The van der Waals surface area contributed by atoms with Gasteiger partial charge < -0.3 is 10.2 Å². The van der Waals surface area contributed by atoms with E-state index in [1.165, 1.54) is 12.1 Å². The molecule has 1 saturated heterocycles. The zero-order valence-corrected chi connectivity index (χ0v) is 19.5. The Labute approximate surface area is 195 Å². The number of primary sulfonamides is 1. The minimum atomic E-state index is -3.68. The summed E-state index contributed by atoms with van der Waals surface area (Å²) in [6, 6.07) is 4.97. The van der Waals surface area contributed by atoms with Crippen molar-refractivity contribution in [2.75, 3.05) is 23.3 Å². The summed E-state index contributed by atoms with van der Waals surface area (Å²) in [5.41, 5.74) is -0.0350. The van der Waals surface area contributed by atoms with Gasteiger partial charge in [-0.25, -0.2) is 41.7 Å². The Bertz CT molecular complexity index is 1320. The molecule has 0 spiro atoms. The van der Waals surface area contributed by atoms with Gasteiger partial charge in [0.15, 0.2) is 0 Å². The summed E-state index contributed by atoms with van der Waals surface area (Å²) in [4.78, 5) is 15.1. The van der Waals surface area contributed by atoms with E-state index in [9.17, 15) is 21.6 Å². The first-order valence-electron chi connectivity index (χ1n) is 10.8. The lowest BCUT2D eigenvalue weighted by Gasteiger charge is -2.32. The van der Waals surface area contributed by atoms with Gasteiger partial charge in [0.1, 0.15) is 23.3 Å². The first-order valence-corrected chi connectivity index (χ1v) is 12.4. The normalized spacial score (nSPS) is 17.9. The molecule has 1 aliphatic rings. The number of alkyl halides is 2. The summed E-state index contributed by atoms with van der Waals surface area (Å²) in [7, 11) is -3.68. The van der Waals surface area contributed by atoms with Gasteiger partial charge in [-0.2, -0.15) is 0 Å². The van der Waals surface area contributed by atoms with Gasteiger partial charge in [0.05, 0.1) is 28.6 Å². The number of sulfonamides is 1. The minimum absolute atomic E-state index is 0.0866. The second kappa shape index (κ2) is 9.34. The van der Waals surface area contributed by atoms with E-state index >= 15 is 0 Å². The van der Waals surface area contributed by atoms with Crippen molar-refractivity contribution in [1.29, 1.82) is 0 Å². The lowest BCUT2D eigenvalue weighted by atomic mass is 10.0. The van der Waals surface area contributed by atoms with Gasteiger partial charge >= 0.3 is 0 Å². The number of piperidine rings is 1. The largest absolute Gasteiger partial charge is 0.363 e. The van der Waals surface area contributed by atoms with E-state index in [4.69, 9.17) is 5.14 Å². The molecule has 0 radical (unpaired) electrons. The number of aromatic nitrogens is 3. The summed E-state index contributed by atoms with van der Waals surface area (Å²) in [5, 5.41) is 8.37. The summed E-state index contributed by atoms with van der Waals surface area (Å²) < 4.78 is 64.6. The molecule has 1 fully saturated rings. The molecule has 182 valence electrons. The Morgan fingerprint density at radius 3 is 2.68 bits per heavy atom. The monoisotopic (exact) mass is 494 g/mol. The third kappa shape index (κ3) is 4.92. The van der Waals surface area contributed by atoms with Crippen LogP contribution in [-0.4, -0.2) is 41.7 Å². The van der Waals surface area contributed by atoms with Crippen LogP contribution in [-0.2, 0) is 10.0 Å². The molecular formula is C22H25F3N6O2S. The van der Waals surface area contributed by atoms with E-state index in [-0.39, 0.29) is 12.1 Å². The van der Waals surface area contributed by atoms with Gasteiger partial charge in [0.2, 0.25) is 10.0 Å². The molecule has 0 amide bonds. The van der Waals surface area contributed by atoms with Gasteiger partial charge in [-0.05, 0) is 32.8 Å². The van der Waals surface area contributed by atoms with Crippen LogP contribution in [0.25, 0.3) is 10.9 Å². The predicted octanol–water partition coefficient (Wildman–Crippen LogP) is 3.84. The van der Waals surface area contributed by atoms with E-state index in [2.05, 4.69) is 20.3 Å². The van der Waals surface area contributed by atoms with Crippen molar-refractivity contribution < 1.29 is 21.6 Å². The van der Waals surface area contributed by atoms with Crippen LogP contribution >= 0.6 is 0 Å². The van der Waals surface area contributed by atoms with Crippen LogP contribution in [0, 0.1) is 12.7 Å². The molecule has 0 bridgehead atoms. The van der Waals surface area contributed by atoms with E-state index in [0.29, 0.717) is 47.7 Å². The average molecular weight is 495 g/mol. The number of hydrogen-bond acceptors (Lipinski definition) is 7. The van der Waals surface area contributed by atoms with Gasteiger partial charge in [-0.3, -0.25) is 0 Å². The molecule has 3 heterocycles. The third-order valence-corrected chi connectivity index (χ3v) is 7.27. The van der Waals surface area contributed by atoms with Crippen molar-refractivity contribution in [1.82, 2.24) is 15.0 Å². The highest BCUT2D eigenvalue weighted by Crippen LogP contribution is 2.31. The van der Waals surface area contributed by atoms with E-state index in [0.717, 1.165) is 6.07 Å². The molecule has 0 saturated carbocycles. The average Bonchev–Trinajstić information content (AvgIpc) is 2.78. The van der Waals surface area contributed by atoms with Crippen molar-refractivity contribution in [3.8, 4) is 0 Å². The second-order valence-electron chi connectivity index (χ2n) is 8.40. The lowest BCUT2D eigenvalue weighted by Crippen LogP contribution is -2.45. The molecule has 1 aromatic carbocycles. The molecule has 0 aliphatic carbocycles. The Kier molecular flexibility index (Phi) is 6.63. The van der Waals surface area contributed by atoms with Gasteiger partial charge in [0, 0.05) is 24.0 Å². The number of anilines is 2. The summed E-state index contributed by atoms with van der Waals surface area (Å²) in [6.07, 6.45) is -0.228. The maximum absolute atomic E-state index is 14.7. The fourth-order valence-corrected chi connectivity index (χ4v) is 5.07. The molecule has 4 rings (SSSR count). The Hall–Kier alpha value is -2.99. The van der Waals surface area contributed by atoms with E-state index in [1.54, 1.807) is 26.1 Å². The highest BCUT2D eigenvalue weighted by atomic mass is 32.2. The van der Waals surface area contributed by atoms with Crippen LogP contribution in [0.2, 0.25) is 0 Å².